The standard InChI is InChI=1S/C13H15NO2S2/c1-17-13(6-7-13)9-14-12(16)11-5-4-10(18-11)3-2-8-15/h4-5,15H,6-9H2,1H3,(H,14,16). The van der Waals surface area contributed by atoms with E-state index in [1.54, 1.807) is 6.07 Å². The van der Waals surface area contributed by atoms with E-state index in [1.165, 1.54) is 24.2 Å². The van der Waals surface area contributed by atoms with Crippen LogP contribution in [0.3, 0.4) is 0 Å². The molecule has 5 heteroatoms. The van der Waals surface area contributed by atoms with Crippen molar-refractivity contribution in [1.29, 1.82) is 0 Å². The quantitative estimate of drug-likeness (QED) is 0.826. The normalized spacial score (nSPS) is 15.7. The van der Waals surface area contributed by atoms with Crippen LogP contribution < -0.4 is 5.32 Å². The molecule has 0 saturated heterocycles. The number of hydrogen-bond donors (Lipinski definition) is 2. The van der Waals surface area contributed by atoms with Gasteiger partial charge in [0.2, 0.25) is 0 Å². The maximum Gasteiger partial charge on any atom is 0.261 e. The summed E-state index contributed by atoms with van der Waals surface area (Å²) in [6.07, 6.45) is 4.46. The Morgan fingerprint density at radius 1 is 1.61 bits per heavy atom. The van der Waals surface area contributed by atoms with Gasteiger partial charge >= 0.3 is 0 Å². The Balaban J connectivity index is 1.90. The van der Waals surface area contributed by atoms with Crippen molar-refractivity contribution in [1.82, 2.24) is 5.32 Å². The Morgan fingerprint density at radius 2 is 2.39 bits per heavy atom. The van der Waals surface area contributed by atoms with Crippen molar-refractivity contribution in [2.75, 3.05) is 19.4 Å². The zero-order valence-electron chi connectivity index (χ0n) is 10.2. The summed E-state index contributed by atoms with van der Waals surface area (Å²) in [5.74, 6) is 5.34. The molecule has 2 rings (SSSR count). The Morgan fingerprint density at radius 3 is 3.00 bits per heavy atom. The van der Waals surface area contributed by atoms with Gasteiger partial charge in [0.25, 0.3) is 5.91 Å². The monoisotopic (exact) mass is 281 g/mol. The second-order valence-electron chi connectivity index (χ2n) is 4.19. The van der Waals surface area contributed by atoms with Crippen molar-refractivity contribution in [3.05, 3.63) is 21.9 Å². The first-order valence-corrected chi connectivity index (χ1v) is 7.76. The fourth-order valence-electron chi connectivity index (χ4n) is 1.57. The number of amides is 1. The summed E-state index contributed by atoms with van der Waals surface area (Å²) in [6.45, 7) is 0.582. The maximum atomic E-state index is 11.9. The minimum absolute atomic E-state index is 0.0302. The molecule has 96 valence electrons. The smallest absolute Gasteiger partial charge is 0.261 e. The van der Waals surface area contributed by atoms with Crippen LogP contribution in [-0.2, 0) is 0 Å². The molecular formula is C13H15NO2S2. The zero-order valence-corrected chi connectivity index (χ0v) is 11.8. The van der Waals surface area contributed by atoms with Gasteiger partial charge < -0.3 is 10.4 Å². The van der Waals surface area contributed by atoms with Crippen molar-refractivity contribution in [3.8, 4) is 11.8 Å². The van der Waals surface area contributed by atoms with Crippen LogP contribution in [-0.4, -0.2) is 35.2 Å². The van der Waals surface area contributed by atoms with Gasteiger partial charge in [0.1, 0.15) is 6.61 Å². The molecule has 1 saturated carbocycles. The van der Waals surface area contributed by atoms with Gasteiger partial charge in [-0.1, -0.05) is 11.8 Å². The van der Waals surface area contributed by atoms with E-state index in [2.05, 4.69) is 23.4 Å². The molecule has 0 radical (unpaired) electrons. The molecule has 18 heavy (non-hydrogen) atoms. The van der Waals surface area contributed by atoms with Crippen molar-refractivity contribution >= 4 is 29.0 Å². The van der Waals surface area contributed by atoms with E-state index in [4.69, 9.17) is 5.11 Å². The summed E-state index contributed by atoms with van der Waals surface area (Å²) in [4.78, 5) is 13.4. The van der Waals surface area contributed by atoms with Crippen molar-refractivity contribution in [2.45, 2.75) is 17.6 Å². The first kappa shape index (κ1) is 13.5. The minimum atomic E-state index is -0.157. The Labute approximate surface area is 115 Å². The number of carbonyl (C=O) groups is 1. The molecule has 0 aliphatic heterocycles. The number of carbonyl (C=O) groups excluding carboxylic acids is 1. The molecule has 0 bridgehead atoms. The average molecular weight is 281 g/mol. The summed E-state index contributed by atoms with van der Waals surface area (Å²) in [7, 11) is 0. The molecule has 2 N–H and O–H groups in total. The summed E-state index contributed by atoms with van der Waals surface area (Å²) < 4.78 is 0.284. The largest absolute Gasteiger partial charge is 0.384 e. The van der Waals surface area contributed by atoms with E-state index in [1.807, 2.05) is 17.8 Å². The molecular weight excluding hydrogens is 266 g/mol. The van der Waals surface area contributed by atoms with Gasteiger partial charge in [0.05, 0.1) is 9.75 Å². The molecule has 1 aliphatic rings. The number of hydrogen-bond acceptors (Lipinski definition) is 4. The number of thiophene rings is 1. The van der Waals surface area contributed by atoms with Crippen LogP contribution in [0.25, 0.3) is 0 Å². The third kappa shape index (κ3) is 3.29. The molecule has 1 aromatic heterocycles. The second-order valence-corrected chi connectivity index (χ2v) is 6.55. The third-order valence-corrected chi connectivity index (χ3v) is 5.35. The first-order valence-electron chi connectivity index (χ1n) is 5.72. The lowest BCUT2D eigenvalue weighted by Crippen LogP contribution is -2.31. The molecule has 0 unspecified atom stereocenters. The highest BCUT2D eigenvalue weighted by atomic mass is 32.2. The lowest BCUT2D eigenvalue weighted by molar-refractivity contribution is 0.0957. The second kappa shape index (κ2) is 5.79. The van der Waals surface area contributed by atoms with Crippen LogP contribution in [0.2, 0.25) is 0 Å². The van der Waals surface area contributed by atoms with Crippen LogP contribution in [0.15, 0.2) is 12.1 Å². The highest BCUT2D eigenvalue weighted by molar-refractivity contribution is 8.00. The molecule has 3 nitrogen and oxygen atoms in total. The van der Waals surface area contributed by atoms with E-state index in [0.717, 1.165) is 11.4 Å². The fraction of sp³-hybridized carbons (Fsp3) is 0.462. The average Bonchev–Trinajstić information content (AvgIpc) is 3.03. The van der Waals surface area contributed by atoms with Gasteiger partial charge in [0.15, 0.2) is 0 Å². The number of aliphatic hydroxyl groups excluding tert-OH is 1. The van der Waals surface area contributed by atoms with Gasteiger partial charge in [-0.2, -0.15) is 11.8 Å². The van der Waals surface area contributed by atoms with Crippen LogP contribution in [0.5, 0.6) is 0 Å². The maximum absolute atomic E-state index is 11.9. The minimum Gasteiger partial charge on any atom is -0.384 e. The van der Waals surface area contributed by atoms with Gasteiger partial charge in [-0.3, -0.25) is 4.79 Å². The summed E-state index contributed by atoms with van der Waals surface area (Å²) >= 11 is 3.19. The van der Waals surface area contributed by atoms with E-state index in [-0.39, 0.29) is 17.3 Å². The van der Waals surface area contributed by atoms with Crippen LogP contribution >= 0.6 is 23.1 Å². The molecule has 1 heterocycles. The summed E-state index contributed by atoms with van der Waals surface area (Å²) in [5.41, 5.74) is 0. The molecule has 1 aromatic rings. The Hall–Kier alpha value is -0.960. The number of nitrogens with one attached hydrogen (secondary N) is 1. The van der Waals surface area contributed by atoms with Gasteiger partial charge in [-0.25, -0.2) is 0 Å². The lowest BCUT2D eigenvalue weighted by Gasteiger charge is -2.12. The lowest BCUT2D eigenvalue weighted by atomic mass is 10.3. The third-order valence-electron chi connectivity index (χ3n) is 2.93. The van der Waals surface area contributed by atoms with E-state index in [9.17, 15) is 4.79 Å². The number of rotatable bonds is 4. The highest BCUT2D eigenvalue weighted by Gasteiger charge is 2.41. The van der Waals surface area contributed by atoms with E-state index in [0.29, 0.717) is 4.88 Å². The van der Waals surface area contributed by atoms with Crippen molar-refractivity contribution in [3.63, 3.8) is 0 Å². The van der Waals surface area contributed by atoms with Crippen molar-refractivity contribution in [2.24, 2.45) is 0 Å². The fourth-order valence-corrected chi connectivity index (χ4v) is 3.10. The highest BCUT2D eigenvalue weighted by Crippen LogP contribution is 2.46. The summed E-state index contributed by atoms with van der Waals surface area (Å²) in [6, 6.07) is 3.59. The van der Waals surface area contributed by atoms with Gasteiger partial charge in [0, 0.05) is 11.3 Å². The SMILES string of the molecule is CSC1(CNC(=O)c2ccc(C#CCO)s2)CC1. The van der Waals surface area contributed by atoms with Crippen LogP contribution in [0.4, 0.5) is 0 Å². The zero-order chi connectivity index (χ0) is 13.0. The van der Waals surface area contributed by atoms with E-state index >= 15 is 0 Å². The predicted octanol–water partition coefficient (Wildman–Crippen LogP) is 1.72. The van der Waals surface area contributed by atoms with Crippen molar-refractivity contribution < 1.29 is 9.90 Å². The first-order chi connectivity index (χ1) is 8.69. The Bertz CT molecular complexity index is 495. The molecule has 1 amide bonds. The summed E-state index contributed by atoms with van der Waals surface area (Å²) in [5, 5.41) is 11.6. The van der Waals surface area contributed by atoms with Crippen LogP contribution in [0, 0.1) is 11.8 Å². The predicted molar refractivity (Wildman–Crippen MR) is 76.1 cm³/mol. The Kier molecular flexibility index (Phi) is 4.33. The van der Waals surface area contributed by atoms with Crippen LogP contribution in [0.1, 0.15) is 27.4 Å². The topological polar surface area (TPSA) is 49.3 Å². The number of aliphatic hydroxyl groups is 1. The molecule has 0 atom stereocenters. The van der Waals surface area contributed by atoms with Gasteiger partial charge in [-0.15, -0.1) is 11.3 Å². The molecule has 0 aromatic carbocycles. The number of thioether (sulfide) groups is 1. The molecule has 1 aliphatic carbocycles. The van der Waals surface area contributed by atoms with E-state index < -0.39 is 0 Å². The van der Waals surface area contributed by atoms with Gasteiger partial charge in [-0.05, 0) is 31.2 Å². The molecule has 1 fully saturated rings. The molecule has 0 spiro atoms.